The number of rotatable bonds is 10. The van der Waals surface area contributed by atoms with Crippen molar-refractivity contribution in [3.63, 3.8) is 0 Å². The van der Waals surface area contributed by atoms with Gasteiger partial charge in [0.25, 0.3) is 0 Å². The van der Waals surface area contributed by atoms with Crippen LogP contribution in [0.5, 0.6) is 0 Å². The van der Waals surface area contributed by atoms with E-state index in [4.69, 9.17) is 9.47 Å². The van der Waals surface area contributed by atoms with Gasteiger partial charge >= 0.3 is 17.9 Å². The summed E-state index contributed by atoms with van der Waals surface area (Å²) in [5.74, 6) is -1.62. The number of cyclic esters (lactones) is 2. The molecule has 3 fully saturated rings. The van der Waals surface area contributed by atoms with Crippen molar-refractivity contribution in [2.75, 3.05) is 7.11 Å². The molecule has 2 saturated carbocycles. The van der Waals surface area contributed by atoms with Crippen LogP contribution in [0.3, 0.4) is 0 Å². The molecule has 0 aromatic rings. The van der Waals surface area contributed by atoms with Crippen LogP contribution in [0.4, 0.5) is 0 Å². The van der Waals surface area contributed by atoms with E-state index in [0.29, 0.717) is 18.8 Å². The van der Waals surface area contributed by atoms with Gasteiger partial charge in [0.1, 0.15) is 12.1 Å². The number of esters is 3. The molecule has 37 heavy (non-hydrogen) atoms. The summed E-state index contributed by atoms with van der Waals surface area (Å²) in [5, 5.41) is 0. The largest absolute Gasteiger partial charge is 0.469 e. The van der Waals surface area contributed by atoms with Crippen molar-refractivity contribution in [3.05, 3.63) is 0 Å². The van der Waals surface area contributed by atoms with Gasteiger partial charge in [0, 0.05) is 11.3 Å². The molecule has 7 heteroatoms. The highest BCUT2D eigenvalue weighted by atomic mass is 16.6. The van der Waals surface area contributed by atoms with Gasteiger partial charge in [0.15, 0.2) is 0 Å². The zero-order valence-electron chi connectivity index (χ0n) is 23.5. The van der Waals surface area contributed by atoms with Gasteiger partial charge in [0.05, 0.1) is 24.9 Å². The molecule has 9 unspecified atom stereocenters. The lowest BCUT2D eigenvalue weighted by molar-refractivity contribution is -0.167. The number of ether oxygens (including phenoxy) is 2. The Hall–Kier alpha value is -2.05. The molecule has 0 aromatic carbocycles. The zero-order valence-corrected chi connectivity index (χ0v) is 23.5. The maximum Gasteiger partial charge on any atom is 0.316 e. The summed E-state index contributed by atoms with van der Waals surface area (Å²) in [4.78, 5) is 61.5. The Labute approximate surface area is 221 Å². The van der Waals surface area contributed by atoms with Crippen molar-refractivity contribution >= 4 is 30.0 Å². The number of methoxy groups -OCH3 is 1. The SMILES string of the molecule is COC(=O)C1CCC(CCC(C)(CCCC2(C)CC3CC(C)C(=O)OC(=O)C(C)C2C3)C(C)=O)C1C=O. The van der Waals surface area contributed by atoms with Gasteiger partial charge in [-0.3, -0.25) is 19.2 Å². The van der Waals surface area contributed by atoms with Crippen LogP contribution in [-0.2, 0) is 33.4 Å². The van der Waals surface area contributed by atoms with E-state index in [1.165, 1.54) is 7.11 Å². The Morgan fingerprint density at radius 2 is 1.84 bits per heavy atom. The summed E-state index contributed by atoms with van der Waals surface area (Å²) in [7, 11) is 1.36. The number of hydrogen-bond donors (Lipinski definition) is 0. The lowest BCUT2D eigenvalue weighted by Gasteiger charge is -2.36. The maximum atomic E-state index is 12.8. The summed E-state index contributed by atoms with van der Waals surface area (Å²) in [6.45, 7) is 9.69. The number of fused-ring (bicyclic) bond motifs is 2. The fraction of sp³-hybridized carbons (Fsp3) is 0.833. The van der Waals surface area contributed by atoms with Crippen LogP contribution in [0.2, 0.25) is 0 Å². The smallest absolute Gasteiger partial charge is 0.316 e. The Bertz CT molecular complexity index is 896. The minimum absolute atomic E-state index is 0.0390. The monoisotopic (exact) mass is 518 g/mol. The first-order valence-electron chi connectivity index (χ1n) is 14.1. The third kappa shape index (κ3) is 6.34. The second-order valence-corrected chi connectivity index (χ2v) is 12.9. The average Bonchev–Trinajstić information content (AvgIpc) is 3.41. The van der Waals surface area contributed by atoms with Crippen LogP contribution in [0.25, 0.3) is 0 Å². The average molecular weight is 519 g/mol. The molecule has 1 saturated heterocycles. The van der Waals surface area contributed by atoms with E-state index in [-0.39, 0.29) is 52.7 Å². The van der Waals surface area contributed by atoms with Crippen LogP contribution in [0.15, 0.2) is 0 Å². The van der Waals surface area contributed by atoms with Crippen LogP contribution in [0.1, 0.15) is 98.8 Å². The van der Waals surface area contributed by atoms with Crippen LogP contribution in [-0.4, -0.2) is 37.1 Å². The van der Waals surface area contributed by atoms with E-state index in [1.54, 1.807) is 6.92 Å². The van der Waals surface area contributed by atoms with Gasteiger partial charge in [-0.25, -0.2) is 0 Å². The van der Waals surface area contributed by atoms with E-state index in [1.807, 2.05) is 20.8 Å². The van der Waals surface area contributed by atoms with Crippen molar-refractivity contribution < 1.29 is 33.4 Å². The molecule has 0 amide bonds. The van der Waals surface area contributed by atoms with Crippen LogP contribution in [0, 0.1) is 52.3 Å². The van der Waals surface area contributed by atoms with Gasteiger partial charge in [-0.2, -0.15) is 0 Å². The molecule has 1 heterocycles. The fourth-order valence-corrected chi connectivity index (χ4v) is 7.81. The Balaban J connectivity index is 1.63. The standard InChI is InChI=1S/C30H46O7/c1-18-14-21-15-25(19(2)27(34)37-26(18)33)30(5,16-21)12-7-11-29(4,20(3)32)13-10-22-8-9-23(24(22)17-31)28(35)36-6/h17-19,21-25H,7-16H2,1-6H3. The van der Waals surface area contributed by atoms with E-state index >= 15 is 0 Å². The van der Waals surface area contributed by atoms with E-state index in [0.717, 1.165) is 57.7 Å². The van der Waals surface area contributed by atoms with Crippen LogP contribution < -0.4 is 0 Å². The molecular weight excluding hydrogens is 472 g/mol. The van der Waals surface area contributed by atoms with Gasteiger partial charge < -0.3 is 14.3 Å². The summed E-state index contributed by atoms with van der Waals surface area (Å²) >= 11 is 0. The predicted molar refractivity (Wildman–Crippen MR) is 138 cm³/mol. The molecule has 0 N–H and O–H groups in total. The van der Waals surface area contributed by atoms with Crippen molar-refractivity contribution in [1.29, 1.82) is 0 Å². The minimum Gasteiger partial charge on any atom is -0.469 e. The number of ketones is 1. The maximum absolute atomic E-state index is 12.8. The quantitative estimate of drug-likeness (QED) is 0.219. The molecule has 3 aliphatic rings. The number of carbonyl (C=O) groups excluding carboxylic acids is 5. The number of aldehydes is 1. The number of Topliss-reactive ketones (excluding diaryl/α,β-unsaturated/α-hetero) is 1. The summed E-state index contributed by atoms with van der Waals surface area (Å²) in [6, 6.07) is 0. The highest BCUT2D eigenvalue weighted by molar-refractivity contribution is 5.88. The molecule has 2 aliphatic carbocycles. The third-order valence-electron chi connectivity index (χ3n) is 10.4. The first kappa shape index (κ1) is 29.5. The highest BCUT2D eigenvalue weighted by Gasteiger charge is 2.50. The van der Waals surface area contributed by atoms with E-state index in [2.05, 4.69) is 6.92 Å². The summed E-state index contributed by atoms with van der Waals surface area (Å²) < 4.78 is 10.1. The first-order valence-corrected chi connectivity index (χ1v) is 14.1. The fourth-order valence-electron chi connectivity index (χ4n) is 7.81. The molecular formula is C30H46O7. The number of hydrogen-bond acceptors (Lipinski definition) is 7. The van der Waals surface area contributed by atoms with Gasteiger partial charge in [0.2, 0.25) is 0 Å². The molecule has 7 nitrogen and oxygen atoms in total. The van der Waals surface area contributed by atoms with Crippen LogP contribution >= 0.6 is 0 Å². The van der Waals surface area contributed by atoms with Crippen molar-refractivity contribution in [3.8, 4) is 0 Å². The second-order valence-electron chi connectivity index (χ2n) is 12.9. The summed E-state index contributed by atoms with van der Waals surface area (Å²) in [5.41, 5.74) is -0.528. The van der Waals surface area contributed by atoms with E-state index in [9.17, 15) is 24.0 Å². The zero-order chi connectivity index (χ0) is 27.5. The topological polar surface area (TPSA) is 104 Å². The van der Waals surface area contributed by atoms with Gasteiger partial charge in [-0.1, -0.05) is 34.1 Å². The first-order chi connectivity index (χ1) is 17.3. The van der Waals surface area contributed by atoms with Crippen molar-refractivity contribution in [1.82, 2.24) is 0 Å². The Morgan fingerprint density at radius 3 is 2.46 bits per heavy atom. The predicted octanol–water partition coefficient (Wildman–Crippen LogP) is 5.32. The third-order valence-corrected chi connectivity index (χ3v) is 10.4. The molecule has 0 aromatic heterocycles. The molecule has 9 atom stereocenters. The molecule has 208 valence electrons. The Kier molecular flexibility index (Phi) is 9.39. The van der Waals surface area contributed by atoms with Crippen molar-refractivity contribution in [2.24, 2.45) is 52.3 Å². The second kappa shape index (κ2) is 11.8. The Morgan fingerprint density at radius 1 is 1.14 bits per heavy atom. The molecule has 2 bridgehead atoms. The minimum atomic E-state index is -0.489. The van der Waals surface area contributed by atoms with Crippen molar-refractivity contribution in [2.45, 2.75) is 98.8 Å². The van der Waals surface area contributed by atoms with Gasteiger partial charge in [-0.05, 0) is 87.9 Å². The van der Waals surface area contributed by atoms with Gasteiger partial charge in [-0.15, -0.1) is 0 Å². The number of carbonyl (C=O) groups is 5. The normalized spacial score (nSPS) is 37.6. The lowest BCUT2D eigenvalue weighted by Crippen LogP contribution is -2.35. The molecule has 0 spiro atoms. The van der Waals surface area contributed by atoms with E-state index < -0.39 is 17.4 Å². The summed E-state index contributed by atoms with van der Waals surface area (Å²) in [6.07, 6.45) is 9.00. The lowest BCUT2D eigenvalue weighted by atomic mass is 9.68. The molecule has 3 rings (SSSR count). The highest BCUT2D eigenvalue weighted by Crippen LogP contribution is 2.55. The molecule has 0 radical (unpaired) electrons. The molecule has 1 aliphatic heterocycles.